The Morgan fingerprint density at radius 2 is 1.90 bits per heavy atom. The maximum Gasteiger partial charge on any atom is 0.0900 e. The van der Waals surface area contributed by atoms with E-state index in [-0.39, 0.29) is 6.10 Å². The molecule has 0 spiro atoms. The van der Waals surface area contributed by atoms with E-state index in [4.69, 9.17) is 9.47 Å². The van der Waals surface area contributed by atoms with Crippen LogP contribution in [0, 0.1) is 0 Å². The average molecular weight is 299 g/mol. The molecular formula is C17H33NO3. The number of nitrogens with zero attached hydrogens (tertiary/aromatic N) is 1. The van der Waals surface area contributed by atoms with Crippen LogP contribution in [-0.4, -0.2) is 60.7 Å². The minimum Gasteiger partial charge on any atom is -0.389 e. The Hall–Kier alpha value is -0.160. The standard InChI is InChI=1S/C17H33NO3/c1-14(2)18(15-7-4-3-5-8-15)11-16(19)12-20-13-17-9-6-10-21-17/h14-17,19H,3-13H2,1-2H3. The molecule has 2 unspecified atom stereocenters. The Balaban J connectivity index is 1.68. The summed E-state index contributed by atoms with van der Waals surface area (Å²) in [5.41, 5.74) is 0. The Bertz CT molecular complexity index is 273. The van der Waals surface area contributed by atoms with Gasteiger partial charge in [-0.1, -0.05) is 19.3 Å². The van der Waals surface area contributed by atoms with Gasteiger partial charge in [0.2, 0.25) is 0 Å². The molecule has 0 bridgehead atoms. The first-order chi connectivity index (χ1) is 10.2. The molecule has 0 aromatic rings. The van der Waals surface area contributed by atoms with E-state index in [1.807, 2.05) is 0 Å². The van der Waals surface area contributed by atoms with E-state index in [2.05, 4.69) is 18.7 Å². The molecule has 2 atom stereocenters. The van der Waals surface area contributed by atoms with Crippen molar-refractivity contribution in [1.29, 1.82) is 0 Å². The predicted octanol–water partition coefficient (Wildman–Crippen LogP) is 2.59. The van der Waals surface area contributed by atoms with Crippen LogP contribution >= 0.6 is 0 Å². The van der Waals surface area contributed by atoms with Crippen LogP contribution in [0.15, 0.2) is 0 Å². The molecule has 124 valence electrons. The van der Waals surface area contributed by atoms with Crippen molar-refractivity contribution >= 4 is 0 Å². The molecule has 2 aliphatic rings. The molecule has 4 nitrogen and oxygen atoms in total. The van der Waals surface area contributed by atoms with Gasteiger partial charge in [0.15, 0.2) is 0 Å². The first kappa shape index (κ1) is 17.2. The lowest BCUT2D eigenvalue weighted by Gasteiger charge is -2.38. The molecule has 1 saturated heterocycles. The fourth-order valence-corrected chi connectivity index (χ4v) is 3.60. The summed E-state index contributed by atoms with van der Waals surface area (Å²) < 4.78 is 11.2. The van der Waals surface area contributed by atoms with Crippen LogP contribution < -0.4 is 0 Å². The number of ether oxygens (including phenoxy) is 2. The fourth-order valence-electron chi connectivity index (χ4n) is 3.60. The van der Waals surface area contributed by atoms with E-state index in [9.17, 15) is 5.11 Å². The molecule has 1 aliphatic carbocycles. The van der Waals surface area contributed by atoms with Gasteiger partial charge in [0.1, 0.15) is 0 Å². The van der Waals surface area contributed by atoms with Gasteiger partial charge in [-0.15, -0.1) is 0 Å². The maximum absolute atomic E-state index is 10.3. The molecule has 1 N–H and O–H groups in total. The third kappa shape index (κ3) is 5.85. The third-order valence-corrected chi connectivity index (χ3v) is 4.77. The summed E-state index contributed by atoms with van der Waals surface area (Å²) in [7, 11) is 0. The van der Waals surface area contributed by atoms with E-state index >= 15 is 0 Å². The number of rotatable bonds is 8. The Labute approximate surface area is 129 Å². The minimum atomic E-state index is -0.393. The molecule has 1 saturated carbocycles. The maximum atomic E-state index is 10.3. The Morgan fingerprint density at radius 1 is 1.14 bits per heavy atom. The van der Waals surface area contributed by atoms with Gasteiger partial charge in [-0.25, -0.2) is 0 Å². The lowest BCUT2D eigenvalue weighted by Crippen LogP contribution is -2.46. The number of aliphatic hydroxyl groups excluding tert-OH is 1. The van der Waals surface area contributed by atoms with Gasteiger partial charge in [0, 0.05) is 25.2 Å². The molecule has 2 rings (SSSR count). The van der Waals surface area contributed by atoms with Gasteiger partial charge in [-0.2, -0.15) is 0 Å². The highest BCUT2D eigenvalue weighted by Gasteiger charge is 2.25. The predicted molar refractivity (Wildman–Crippen MR) is 84.5 cm³/mol. The second kappa shape index (κ2) is 9.09. The van der Waals surface area contributed by atoms with Crippen LogP contribution in [0.4, 0.5) is 0 Å². The summed E-state index contributed by atoms with van der Waals surface area (Å²) in [4.78, 5) is 2.47. The van der Waals surface area contributed by atoms with Crippen molar-refractivity contribution in [3.63, 3.8) is 0 Å². The monoisotopic (exact) mass is 299 g/mol. The summed E-state index contributed by atoms with van der Waals surface area (Å²) in [5.74, 6) is 0. The van der Waals surface area contributed by atoms with E-state index in [0.717, 1.165) is 26.0 Å². The van der Waals surface area contributed by atoms with Crippen molar-refractivity contribution < 1.29 is 14.6 Å². The largest absolute Gasteiger partial charge is 0.389 e. The normalized spacial score (nSPS) is 25.9. The summed E-state index contributed by atoms with van der Waals surface area (Å²) in [6.07, 6.45) is 8.68. The second-order valence-electron chi connectivity index (χ2n) is 6.91. The van der Waals surface area contributed by atoms with Crippen LogP contribution in [0.25, 0.3) is 0 Å². The van der Waals surface area contributed by atoms with Crippen molar-refractivity contribution in [3.05, 3.63) is 0 Å². The lowest BCUT2D eigenvalue weighted by molar-refractivity contribution is -0.0341. The van der Waals surface area contributed by atoms with Gasteiger partial charge < -0.3 is 14.6 Å². The zero-order chi connectivity index (χ0) is 15.1. The van der Waals surface area contributed by atoms with Gasteiger partial charge >= 0.3 is 0 Å². The van der Waals surface area contributed by atoms with Gasteiger partial charge in [-0.3, -0.25) is 4.90 Å². The zero-order valence-electron chi connectivity index (χ0n) is 13.8. The SMILES string of the molecule is CC(C)N(CC(O)COCC1CCCO1)C1CCCCC1. The van der Waals surface area contributed by atoms with Crippen LogP contribution in [0.2, 0.25) is 0 Å². The van der Waals surface area contributed by atoms with Crippen LogP contribution in [0.5, 0.6) is 0 Å². The van der Waals surface area contributed by atoms with Crippen molar-refractivity contribution in [2.75, 3.05) is 26.4 Å². The van der Waals surface area contributed by atoms with Crippen LogP contribution in [0.1, 0.15) is 58.8 Å². The van der Waals surface area contributed by atoms with Gasteiger partial charge in [0.25, 0.3) is 0 Å². The van der Waals surface area contributed by atoms with Crippen molar-refractivity contribution in [2.24, 2.45) is 0 Å². The smallest absolute Gasteiger partial charge is 0.0900 e. The Kier molecular flexibility index (Phi) is 7.44. The molecule has 0 aromatic carbocycles. The topological polar surface area (TPSA) is 41.9 Å². The highest BCUT2D eigenvalue weighted by molar-refractivity contribution is 4.80. The van der Waals surface area contributed by atoms with Crippen LogP contribution in [0.3, 0.4) is 0 Å². The highest BCUT2D eigenvalue weighted by Crippen LogP contribution is 2.24. The fraction of sp³-hybridized carbons (Fsp3) is 1.00. The van der Waals surface area contributed by atoms with E-state index in [1.54, 1.807) is 0 Å². The zero-order valence-corrected chi connectivity index (χ0v) is 13.8. The summed E-state index contributed by atoms with van der Waals surface area (Å²) >= 11 is 0. The number of hydrogen-bond acceptors (Lipinski definition) is 4. The average Bonchev–Trinajstić information content (AvgIpc) is 2.98. The molecule has 21 heavy (non-hydrogen) atoms. The van der Waals surface area contributed by atoms with Crippen molar-refractivity contribution in [2.45, 2.75) is 83.1 Å². The minimum absolute atomic E-state index is 0.247. The van der Waals surface area contributed by atoms with Gasteiger partial charge in [0.05, 0.1) is 25.4 Å². The molecule has 0 amide bonds. The molecule has 1 aliphatic heterocycles. The first-order valence-electron chi connectivity index (χ1n) is 8.80. The van der Waals surface area contributed by atoms with Crippen molar-refractivity contribution in [3.8, 4) is 0 Å². The molecule has 2 fully saturated rings. The van der Waals surface area contributed by atoms with E-state index < -0.39 is 6.10 Å². The summed E-state index contributed by atoms with van der Waals surface area (Å²) in [5, 5.41) is 10.3. The van der Waals surface area contributed by atoms with E-state index in [1.165, 1.54) is 32.1 Å². The lowest BCUT2D eigenvalue weighted by atomic mass is 9.93. The Morgan fingerprint density at radius 3 is 2.52 bits per heavy atom. The van der Waals surface area contributed by atoms with E-state index in [0.29, 0.717) is 25.3 Å². The summed E-state index contributed by atoms with van der Waals surface area (Å²) in [6.45, 7) is 7.11. The first-order valence-corrected chi connectivity index (χ1v) is 8.80. The molecule has 0 radical (unpaired) electrons. The molecule has 4 heteroatoms. The van der Waals surface area contributed by atoms with Crippen LogP contribution in [-0.2, 0) is 9.47 Å². The quantitative estimate of drug-likeness (QED) is 0.748. The summed E-state index contributed by atoms with van der Waals surface area (Å²) in [6, 6.07) is 1.13. The second-order valence-corrected chi connectivity index (χ2v) is 6.91. The van der Waals surface area contributed by atoms with Crippen molar-refractivity contribution in [1.82, 2.24) is 4.90 Å². The molecule has 1 heterocycles. The molecule has 0 aromatic heterocycles. The number of hydrogen-bond donors (Lipinski definition) is 1. The third-order valence-electron chi connectivity index (χ3n) is 4.77. The van der Waals surface area contributed by atoms with Gasteiger partial charge in [-0.05, 0) is 39.5 Å². The molecular weight excluding hydrogens is 266 g/mol. The highest BCUT2D eigenvalue weighted by atomic mass is 16.5. The number of aliphatic hydroxyl groups is 1.